The fourth-order valence-electron chi connectivity index (χ4n) is 10.6. The highest BCUT2D eigenvalue weighted by molar-refractivity contribution is 5.76. The van der Waals surface area contributed by atoms with Crippen molar-refractivity contribution in [2.45, 2.75) is 101 Å². The lowest BCUT2D eigenvalue weighted by Crippen LogP contribution is -2.68. The van der Waals surface area contributed by atoms with E-state index in [-0.39, 0.29) is 58.8 Å². The average molecular weight is 760 g/mol. The fourth-order valence-corrected chi connectivity index (χ4v) is 10.6. The second-order valence-corrected chi connectivity index (χ2v) is 15.8. The number of nitrogens with two attached hydrogens (primary N) is 1. The number of hydrogen-bond donors (Lipinski definition) is 7. The summed E-state index contributed by atoms with van der Waals surface area (Å²) in [5, 5.41) is 56.2. The number of aliphatic hydroxyl groups excluding tert-OH is 2. The van der Waals surface area contributed by atoms with Gasteiger partial charge in [0, 0.05) is 36.0 Å². The molecule has 2 aromatic carbocycles. The highest BCUT2D eigenvalue weighted by Gasteiger charge is 2.68. The van der Waals surface area contributed by atoms with Gasteiger partial charge in [-0.25, -0.2) is 4.98 Å². The summed E-state index contributed by atoms with van der Waals surface area (Å²) >= 11 is 0. The third kappa shape index (κ3) is 7.30. The van der Waals surface area contributed by atoms with Gasteiger partial charge in [0.2, 0.25) is 5.75 Å². The zero-order valence-electron chi connectivity index (χ0n) is 31.4. The van der Waals surface area contributed by atoms with E-state index < -0.39 is 42.3 Å². The van der Waals surface area contributed by atoms with Gasteiger partial charge in [0.1, 0.15) is 12.4 Å². The first-order chi connectivity index (χ1) is 26.5. The van der Waals surface area contributed by atoms with E-state index in [9.17, 15) is 25.2 Å². The molecule has 3 heterocycles. The molecule has 2 aliphatic heterocycles. The van der Waals surface area contributed by atoms with E-state index in [0.29, 0.717) is 37.1 Å². The quantitative estimate of drug-likeness (QED) is 0.0919. The number of rotatable bonds is 12. The van der Waals surface area contributed by atoms with Crippen LogP contribution in [0.2, 0.25) is 0 Å². The number of nitrogens with zero attached hydrogens (tertiary/aromatic N) is 1. The molecule has 7 rings (SSSR count). The van der Waals surface area contributed by atoms with Crippen molar-refractivity contribution in [3.05, 3.63) is 77.5 Å². The number of aliphatic hydroxyl groups is 2. The summed E-state index contributed by atoms with van der Waals surface area (Å²) in [6.07, 6.45) is 10.7. The maximum atomic E-state index is 13.3. The number of piperidine rings is 1. The highest BCUT2D eigenvalue weighted by atomic mass is 16.6. The molecule has 0 amide bonds. The topological polar surface area (TPSA) is 206 Å². The summed E-state index contributed by atoms with van der Waals surface area (Å²) in [6.45, 7) is 1.66. The number of hydrogen-bond acceptors (Lipinski definition) is 12. The molecule has 0 unspecified atom stereocenters. The summed E-state index contributed by atoms with van der Waals surface area (Å²) in [5.41, 5.74) is 7.56. The third-order valence-corrected chi connectivity index (χ3v) is 12.6. The number of anilines is 1. The third-order valence-electron chi connectivity index (χ3n) is 12.6. The number of fused-ring (bicyclic) bond motifs is 1. The minimum atomic E-state index is -0.883. The first kappa shape index (κ1) is 38.7. The zero-order chi connectivity index (χ0) is 38.9. The number of phenols is 2. The summed E-state index contributed by atoms with van der Waals surface area (Å²) in [4.78, 5) is 17.5. The molecule has 4 aliphatic rings. The van der Waals surface area contributed by atoms with Gasteiger partial charge in [0.15, 0.2) is 29.8 Å². The molecule has 2 saturated heterocycles. The van der Waals surface area contributed by atoms with E-state index in [0.717, 1.165) is 43.2 Å². The van der Waals surface area contributed by atoms with Crippen molar-refractivity contribution < 1.29 is 49.3 Å². The van der Waals surface area contributed by atoms with Crippen molar-refractivity contribution in [3.8, 4) is 28.7 Å². The van der Waals surface area contributed by atoms with Crippen molar-refractivity contribution in [3.63, 3.8) is 0 Å². The van der Waals surface area contributed by atoms with Crippen LogP contribution in [0.15, 0.2) is 60.8 Å². The number of phenolic OH excluding ortho intramolecular Hbond substituents is 2. The highest BCUT2D eigenvalue weighted by Crippen LogP contribution is 2.69. The van der Waals surface area contributed by atoms with Gasteiger partial charge in [-0.1, -0.05) is 31.1 Å². The number of benzene rings is 2. The molecule has 13 heteroatoms. The molecule has 0 radical (unpaired) electrons. The molecular formula is C42H53N3O10. The molecule has 1 aromatic heterocycles. The predicted molar refractivity (Wildman–Crippen MR) is 203 cm³/mol. The van der Waals surface area contributed by atoms with Crippen molar-refractivity contribution in [2.75, 3.05) is 26.2 Å². The number of pyridine rings is 1. The van der Waals surface area contributed by atoms with E-state index in [1.54, 1.807) is 30.5 Å². The number of carboxylic acids is 1. The number of aliphatic carboxylic acids is 1. The average Bonchev–Trinajstić information content (AvgIpc) is 3.80. The van der Waals surface area contributed by atoms with Crippen molar-refractivity contribution in [1.29, 1.82) is 0 Å². The molecule has 8 N–H and O–H groups in total. The van der Waals surface area contributed by atoms with E-state index in [1.807, 2.05) is 24.3 Å². The Morgan fingerprint density at radius 3 is 2.53 bits per heavy atom. The lowest BCUT2D eigenvalue weighted by molar-refractivity contribution is -0.158. The lowest BCUT2D eigenvalue weighted by atomic mass is 9.46. The van der Waals surface area contributed by atoms with Crippen LogP contribution in [-0.4, -0.2) is 81.3 Å². The van der Waals surface area contributed by atoms with Gasteiger partial charge in [-0.05, 0) is 104 Å². The zero-order valence-corrected chi connectivity index (χ0v) is 31.4. The largest absolute Gasteiger partial charge is 0.504 e. The molecule has 2 aliphatic carbocycles. The SMILES string of the molecule is COc1cc([C@@H]2C[C@@H](O)C[C@H](CCc3ccc(O)c(OCO)c3)O2)cc(OC[C@@H]2N[C@H](C)CC3(CCCC3)[C@@]23[C@@H](c2ccnc(N)c2)C=C[C@H]3C(=O)O)c1O. The van der Waals surface area contributed by atoms with Crippen LogP contribution in [0.4, 0.5) is 5.82 Å². The van der Waals surface area contributed by atoms with Crippen LogP contribution in [-0.2, 0) is 16.0 Å². The Kier molecular flexibility index (Phi) is 11.2. The van der Waals surface area contributed by atoms with Crippen LogP contribution < -0.4 is 25.3 Å². The summed E-state index contributed by atoms with van der Waals surface area (Å²) in [5.74, 6) is -1.27. The monoisotopic (exact) mass is 759 g/mol. The summed E-state index contributed by atoms with van der Waals surface area (Å²) < 4.78 is 23.9. The van der Waals surface area contributed by atoms with Crippen LogP contribution in [0.1, 0.15) is 87.0 Å². The maximum Gasteiger partial charge on any atom is 0.311 e. The molecule has 296 valence electrons. The first-order valence-electron chi connectivity index (χ1n) is 19.3. The predicted octanol–water partition coefficient (Wildman–Crippen LogP) is 5.36. The standard InChI is InChI=1S/C42H53N3O10/c1-24-21-41(12-3-4-13-41)42(30(8-9-31(42)40(50)51)26-11-14-44-38(43)18-26)37(45-24)22-53-36-17-27(16-35(52-2)39(36)49)33-20-28(47)19-29(55-33)7-5-25-6-10-32(48)34(15-25)54-23-46/h6,8-11,14-18,24,28-31,33,37,45-49H,3-5,7,12-13,19-23H2,1-2H3,(H2,43,44)(H,50,51)/t24-,28+,29+,30-,31+,33+,37+,42-/m1/s1. The fraction of sp³-hybridized carbons (Fsp3) is 0.524. The second kappa shape index (κ2) is 15.9. The lowest BCUT2D eigenvalue weighted by Gasteiger charge is -2.61. The Morgan fingerprint density at radius 2 is 1.80 bits per heavy atom. The van der Waals surface area contributed by atoms with Crippen molar-refractivity contribution in [2.24, 2.45) is 16.7 Å². The van der Waals surface area contributed by atoms with Gasteiger partial charge >= 0.3 is 5.97 Å². The number of nitrogen functional groups attached to an aromatic ring is 1. The van der Waals surface area contributed by atoms with Gasteiger partial charge in [-0.2, -0.15) is 0 Å². The van der Waals surface area contributed by atoms with Gasteiger partial charge in [0.05, 0.1) is 31.3 Å². The van der Waals surface area contributed by atoms with Crippen LogP contribution >= 0.6 is 0 Å². The maximum absolute atomic E-state index is 13.3. The number of carbonyl (C=O) groups is 1. The van der Waals surface area contributed by atoms with Crippen LogP contribution in [0.25, 0.3) is 0 Å². The molecule has 1 saturated carbocycles. The Hall–Kier alpha value is -4.56. The Labute approximate surface area is 321 Å². The van der Waals surface area contributed by atoms with Gasteiger partial charge in [-0.3, -0.25) is 4.79 Å². The number of aryl methyl sites for hydroxylation is 1. The number of aromatic hydroxyl groups is 2. The Morgan fingerprint density at radius 1 is 1.02 bits per heavy atom. The molecule has 3 aromatic rings. The number of allylic oxidation sites excluding steroid dienone is 1. The molecule has 0 bridgehead atoms. The minimum Gasteiger partial charge on any atom is -0.504 e. The van der Waals surface area contributed by atoms with Gasteiger partial charge < -0.3 is 55.5 Å². The molecule has 2 spiro atoms. The van der Waals surface area contributed by atoms with Gasteiger partial charge in [0.25, 0.3) is 0 Å². The smallest absolute Gasteiger partial charge is 0.311 e. The summed E-state index contributed by atoms with van der Waals surface area (Å²) in [6, 6.07) is 11.8. The van der Waals surface area contributed by atoms with Crippen LogP contribution in [0.5, 0.6) is 28.7 Å². The van der Waals surface area contributed by atoms with Crippen LogP contribution in [0.3, 0.4) is 0 Å². The normalized spacial score (nSPS) is 29.8. The van der Waals surface area contributed by atoms with E-state index in [1.165, 1.54) is 13.2 Å². The van der Waals surface area contributed by atoms with Crippen LogP contribution in [0, 0.1) is 16.7 Å². The second-order valence-electron chi connectivity index (χ2n) is 15.8. The van der Waals surface area contributed by atoms with E-state index >= 15 is 0 Å². The molecular weight excluding hydrogens is 706 g/mol. The molecule has 55 heavy (non-hydrogen) atoms. The van der Waals surface area contributed by atoms with Crippen molar-refractivity contribution >= 4 is 11.8 Å². The molecule has 13 nitrogen and oxygen atoms in total. The number of ether oxygens (including phenoxy) is 4. The van der Waals surface area contributed by atoms with E-state index in [4.69, 9.17) is 29.8 Å². The Balaban J connectivity index is 1.17. The number of carboxylic acid groups (broad SMARTS) is 1. The number of methoxy groups -OCH3 is 1. The van der Waals surface area contributed by atoms with E-state index in [2.05, 4.69) is 17.2 Å². The number of aromatic nitrogens is 1. The first-order valence-corrected chi connectivity index (χ1v) is 19.3. The molecule has 3 fully saturated rings. The minimum absolute atomic E-state index is 0.0659. The molecule has 8 atom stereocenters. The number of nitrogens with one attached hydrogen (secondary N) is 1. The van der Waals surface area contributed by atoms with Gasteiger partial charge in [-0.15, -0.1) is 0 Å². The Bertz CT molecular complexity index is 1880. The summed E-state index contributed by atoms with van der Waals surface area (Å²) in [7, 11) is 1.46. The van der Waals surface area contributed by atoms with Crippen molar-refractivity contribution in [1.82, 2.24) is 10.3 Å².